The maximum atomic E-state index is 12.8. The molecule has 14 heteroatoms. The molecule has 10 nitrogen and oxygen atoms in total. The summed E-state index contributed by atoms with van der Waals surface area (Å²) in [5.74, 6) is -6.32. The van der Waals surface area contributed by atoms with E-state index in [1.807, 2.05) is 0 Å². The SMILES string of the molecule is CC(C)C[C@H](CC(=O)[C@H](COC(F)F)NC(=O)[C@H](COC(F)F)CC(=O)CN1CCOCC1)C(=O)O. The number of hydrogen-bond donors (Lipinski definition) is 2. The minimum absolute atomic E-state index is 0.0613. The monoisotopic (exact) mass is 530 g/mol. The molecule has 0 aromatic heterocycles. The number of carboxylic acids is 1. The van der Waals surface area contributed by atoms with E-state index >= 15 is 0 Å². The van der Waals surface area contributed by atoms with Gasteiger partial charge in [0.15, 0.2) is 5.78 Å². The molecule has 3 atom stereocenters. The summed E-state index contributed by atoms with van der Waals surface area (Å²) in [6.07, 6.45) is -0.949. The Morgan fingerprint density at radius 1 is 0.944 bits per heavy atom. The Morgan fingerprint density at radius 2 is 1.53 bits per heavy atom. The Hall–Kier alpha value is -2.16. The average Bonchev–Trinajstić information content (AvgIpc) is 2.78. The Labute approximate surface area is 206 Å². The lowest BCUT2D eigenvalue weighted by molar-refractivity contribution is -0.156. The lowest BCUT2D eigenvalue weighted by atomic mass is 9.90. The molecule has 0 unspecified atom stereocenters. The van der Waals surface area contributed by atoms with Crippen LogP contribution in [0.25, 0.3) is 0 Å². The minimum Gasteiger partial charge on any atom is -0.481 e. The van der Waals surface area contributed by atoms with Crippen LogP contribution in [0.4, 0.5) is 17.6 Å². The topological polar surface area (TPSA) is 131 Å². The van der Waals surface area contributed by atoms with E-state index in [1.165, 1.54) is 0 Å². The van der Waals surface area contributed by atoms with Crippen LogP contribution < -0.4 is 5.32 Å². The Bertz CT molecular complexity index is 720. The highest BCUT2D eigenvalue weighted by molar-refractivity contribution is 5.93. The van der Waals surface area contributed by atoms with Crippen LogP contribution in [0.2, 0.25) is 0 Å². The molecule has 1 heterocycles. The molecule has 1 amide bonds. The van der Waals surface area contributed by atoms with E-state index < -0.39 is 80.6 Å². The molecule has 1 aliphatic rings. The molecule has 1 fully saturated rings. The number of aliphatic carboxylic acids is 1. The van der Waals surface area contributed by atoms with Crippen LogP contribution in [0.15, 0.2) is 0 Å². The number of amides is 1. The molecular formula is C22H34F4N2O8. The van der Waals surface area contributed by atoms with Gasteiger partial charge in [0.2, 0.25) is 5.91 Å². The maximum Gasteiger partial charge on any atom is 0.345 e. The molecule has 0 spiro atoms. The quantitative estimate of drug-likeness (QED) is 0.254. The van der Waals surface area contributed by atoms with Crippen molar-refractivity contribution < 1.29 is 56.1 Å². The fourth-order valence-corrected chi connectivity index (χ4v) is 3.66. The summed E-state index contributed by atoms with van der Waals surface area (Å²) < 4.78 is 64.0. The zero-order valence-corrected chi connectivity index (χ0v) is 20.3. The molecule has 0 bridgehead atoms. The van der Waals surface area contributed by atoms with Gasteiger partial charge in [-0.15, -0.1) is 0 Å². The molecule has 1 aliphatic heterocycles. The first-order chi connectivity index (χ1) is 16.9. The molecule has 36 heavy (non-hydrogen) atoms. The van der Waals surface area contributed by atoms with Gasteiger partial charge in [0, 0.05) is 25.9 Å². The number of hydrogen-bond acceptors (Lipinski definition) is 8. The number of nitrogens with zero attached hydrogens (tertiary/aromatic N) is 1. The number of morpholine rings is 1. The summed E-state index contributed by atoms with van der Waals surface area (Å²) in [6.45, 7) is -3.17. The standard InChI is InChI=1S/C22H34F4N2O8/c1-13(2)7-14(20(32)33)9-18(30)17(12-36-22(25)26)27-19(31)15(11-35-21(23)24)8-16(29)10-28-3-5-34-6-4-28/h13-15,17,21-22H,3-12H2,1-2H3,(H,27,31)(H,32,33)/t14-,15+,17+/m1/s1. The molecule has 0 aliphatic carbocycles. The molecule has 0 aromatic rings. The number of Topliss-reactive ketones (excluding diaryl/α,β-unsaturated/α-hetero) is 2. The summed E-state index contributed by atoms with van der Waals surface area (Å²) in [5.41, 5.74) is 0. The van der Waals surface area contributed by atoms with Gasteiger partial charge in [-0.3, -0.25) is 24.1 Å². The minimum atomic E-state index is -3.28. The number of carbonyl (C=O) groups excluding carboxylic acids is 3. The third kappa shape index (κ3) is 13.2. The number of rotatable bonds is 18. The van der Waals surface area contributed by atoms with Gasteiger partial charge in [-0.2, -0.15) is 17.6 Å². The lowest BCUT2D eigenvalue weighted by Gasteiger charge is -2.27. The molecule has 1 rings (SSSR count). The summed E-state index contributed by atoms with van der Waals surface area (Å²) in [4.78, 5) is 51.3. The van der Waals surface area contributed by atoms with Gasteiger partial charge in [-0.25, -0.2) is 0 Å². The molecule has 1 saturated heterocycles. The van der Waals surface area contributed by atoms with E-state index in [-0.39, 0.29) is 18.9 Å². The van der Waals surface area contributed by atoms with E-state index in [0.717, 1.165) is 0 Å². The van der Waals surface area contributed by atoms with Crippen LogP contribution in [0, 0.1) is 17.8 Å². The predicted octanol–water partition coefficient (Wildman–Crippen LogP) is 1.56. The van der Waals surface area contributed by atoms with Crippen LogP contribution in [0.1, 0.15) is 33.1 Å². The number of carbonyl (C=O) groups is 4. The summed E-state index contributed by atoms with van der Waals surface area (Å²) in [7, 11) is 0. The van der Waals surface area contributed by atoms with Crippen molar-refractivity contribution in [2.24, 2.45) is 17.8 Å². The number of ether oxygens (including phenoxy) is 3. The number of nitrogens with one attached hydrogen (secondary N) is 1. The van der Waals surface area contributed by atoms with Gasteiger partial charge in [-0.05, 0) is 12.3 Å². The zero-order valence-electron chi connectivity index (χ0n) is 20.3. The third-order valence-electron chi connectivity index (χ3n) is 5.42. The number of ketones is 2. The Balaban J connectivity index is 2.92. The smallest absolute Gasteiger partial charge is 0.345 e. The molecule has 2 N–H and O–H groups in total. The van der Waals surface area contributed by atoms with Gasteiger partial charge in [0.1, 0.15) is 11.8 Å². The highest BCUT2D eigenvalue weighted by Gasteiger charge is 2.32. The lowest BCUT2D eigenvalue weighted by Crippen LogP contribution is -2.49. The molecule has 0 radical (unpaired) electrons. The normalized spacial score (nSPS) is 17.2. The molecule has 0 saturated carbocycles. The van der Waals surface area contributed by atoms with Crippen molar-refractivity contribution in [3.63, 3.8) is 0 Å². The summed E-state index contributed by atoms with van der Waals surface area (Å²) in [5, 5.41) is 11.5. The van der Waals surface area contributed by atoms with Crippen LogP contribution in [-0.2, 0) is 33.4 Å². The first-order valence-electron chi connectivity index (χ1n) is 11.6. The van der Waals surface area contributed by atoms with E-state index in [2.05, 4.69) is 14.8 Å². The van der Waals surface area contributed by atoms with Crippen molar-refractivity contribution in [1.29, 1.82) is 0 Å². The van der Waals surface area contributed by atoms with Gasteiger partial charge in [0.25, 0.3) is 0 Å². The molecule has 208 valence electrons. The fourth-order valence-electron chi connectivity index (χ4n) is 3.66. The van der Waals surface area contributed by atoms with Crippen LogP contribution in [0.3, 0.4) is 0 Å². The van der Waals surface area contributed by atoms with Crippen LogP contribution in [0.5, 0.6) is 0 Å². The van der Waals surface area contributed by atoms with E-state index in [9.17, 15) is 41.8 Å². The van der Waals surface area contributed by atoms with Crippen molar-refractivity contribution in [3.05, 3.63) is 0 Å². The average molecular weight is 531 g/mol. The highest BCUT2D eigenvalue weighted by Crippen LogP contribution is 2.18. The molecule has 0 aromatic carbocycles. The third-order valence-corrected chi connectivity index (χ3v) is 5.42. The van der Waals surface area contributed by atoms with E-state index in [1.54, 1.807) is 18.7 Å². The number of carboxylic acid groups (broad SMARTS) is 1. The van der Waals surface area contributed by atoms with E-state index in [4.69, 9.17) is 4.74 Å². The van der Waals surface area contributed by atoms with Crippen molar-refractivity contribution in [2.75, 3.05) is 46.1 Å². The van der Waals surface area contributed by atoms with Crippen molar-refractivity contribution in [2.45, 2.75) is 52.4 Å². The Morgan fingerprint density at radius 3 is 2.06 bits per heavy atom. The second-order valence-corrected chi connectivity index (χ2v) is 8.91. The second kappa shape index (κ2) is 16.6. The van der Waals surface area contributed by atoms with Crippen molar-refractivity contribution in [1.82, 2.24) is 10.2 Å². The summed E-state index contributed by atoms with van der Waals surface area (Å²) >= 11 is 0. The first-order valence-corrected chi connectivity index (χ1v) is 11.6. The maximum absolute atomic E-state index is 12.8. The Kier molecular flexibility index (Phi) is 14.7. The summed E-state index contributed by atoms with van der Waals surface area (Å²) in [6, 6.07) is -1.68. The number of halogens is 4. The fraction of sp³-hybridized carbons (Fsp3) is 0.818. The van der Waals surface area contributed by atoms with E-state index in [0.29, 0.717) is 26.3 Å². The second-order valence-electron chi connectivity index (χ2n) is 8.91. The molecular weight excluding hydrogens is 496 g/mol. The highest BCUT2D eigenvalue weighted by atomic mass is 19.3. The van der Waals surface area contributed by atoms with Gasteiger partial charge in [0.05, 0.1) is 44.8 Å². The van der Waals surface area contributed by atoms with Gasteiger partial charge in [-0.1, -0.05) is 13.8 Å². The predicted molar refractivity (Wildman–Crippen MR) is 116 cm³/mol. The largest absolute Gasteiger partial charge is 0.481 e. The first kappa shape index (κ1) is 31.9. The van der Waals surface area contributed by atoms with Crippen LogP contribution >= 0.6 is 0 Å². The van der Waals surface area contributed by atoms with Crippen molar-refractivity contribution >= 4 is 23.4 Å². The van der Waals surface area contributed by atoms with Crippen molar-refractivity contribution in [3.8, 4) is 0 Å². The number of alkyl halides is 4. The van der Waals surface area contributed by atoms with Gasteiger partial charge < -0.3 is 24.6 Å². The van der Waals surface area contributed by atoms with Crippen LogP contribution in [-0.4, -0.2) is 98.8 Å². The zero-order chi connectivity index (χ0) is 27.3. The van der Waals surface area contributed by atoms with Gasteiger partial charge >= 0.3 is 19.2 Å².